The Hall–Kier alpha value is -1.44. The molecule has 0 aliphatic heterocycles. The van der Waals surface area contributed by atoms with Gasteiger partial charge in [-0.05, 0) is 14.1 Å². The quantitative estimate of drug-likeness (QED) is 0.876. The molecule has 2 aromatic heterocycles. The number of hydrogen-bond donors (Lipinski definition) is 1. The van der Waals surface area contributed by atoms with Gasteiger partial charge < -0.3 is 10.2 Å². The van der Waals surface area contributed by atoms with Gasteiger partial charge in [-0.25, -0.2) is 4.68 Å². The minimum atomic E-state index is -0.275. The van der Waals surface area contributed by atoms with Crippen LogP contribution in [-0.2, 0) is 13.1 Å². The summed E-state index contributed by atoms with van der Waals surface area (Å²) in [5.74, 6) is 0. The Morgan fingerprint density at radius 3 is 2.90 bits per heavy atom. The summed E-state index contributed by atoms with van der Waals surface area (Å²) in [7, 11) is 3.88. The SMILES string of the molecule is CN(C)CCn1ncc(NCc2cncs2)c(Cl)c1=O. The molecule has 0 radical (unpaired) electrons. The normalized spacial score (nSPS) is 11.0. The van der Waals surface area contributed by atoms with Gasteiger partial charge in [-0.2, -0.15) is 5.10 Å². The third-order valence-corrected chi connectivity index (χ3v) is 3.83. The summed E-state index contributed by atoms with van der Waals surface area (Å²) < 4.78 is 1.38. The van der Waals surface area contributed by atoms with Gasteiger partial charge in [-0.1, -0.05) is 11.6 Å². The molecule has 0 amide bonds. The van der Waals surface area contributed by atoms with E-state index in [0.717, 1.165) is 11.4 Å². The van der Waals surface area contributed by atoms with Crippen LogP contribution in [0.5, 0.6) is 0 Å². The van der Waals surface area contributed by atoms with Crippen molar-refractivity contribution in [3.05, 3.63) is 38.2 Å². The van der Waals surface area contributed by atoms with Gasteiger partial charge in [0.05, 0.1) is 30.5 Å². The van der Waals surface area contributed by atoms with Crippen LogP contribution in [0, 0.1) is 0 Å². The second kappa shape index (κ2) is 6.83. The average Bonchev–Trinajstić information content (AvgIpc) is 2.92. The number of hydrogen-bond acceptors (Lipinski definition) is 6. The van der Waals surface area contributed by atoms with Gasteiger partial charge in [0.2, 0.25) is 0 Å². The smallest absolute Gasteiger partial charge is 0.287 e. The third kappa shape index (κ3) is 3.78. The number of rotatable bonds is 6. The van der Waals surface area contributed by atoms with Crippen LogP contribution in [0.3, 0.4) is 0 Å². The van der Waals surface area contributed by atoms with Crippen molar-refractivity contribution in [1.82, 2.24) is 19.7 Å². The number of likely N-dealkylation sites (N-methyl/N-ethyl adjacent to an activating group) is 1. The molecule has 108 valence electrons. The molecule has 0 saturated carbocycles. The molecule has 0 spiro atoms. The van der Waals surface area contributed by atoms with Crippen LogP contribution in [-0.4, -0.2) is 40.3 Å². The van der Waals surface area contributed by atoms with Crippen LogP contribution < -0.4 is 10.9 Å². The van der Waals surface area contributed by atoms with Crippen molar-refractivity contribution in [1.29, 1.82) is 0 Å². The molecule has 0 aliphatic rings. The minimum Gasteiger partial charge on any atom is -0.377 e. The second-order valence-electron chi connectivity index (χ2n) is 4.53. The maximum atomic E-state index is 12.1. The average molecular weight is 314 g/mol. The van der Waals surface area contributed by atoms with Crippen molar-refractivity contribution in [2.75, 3.05) is 26.0 Å². The predicted molar refractivity (Wildman–Crippen MR) is 81.5 cm³/mol. The predicted octanol–water partition coefficient (Wildman–Crippen LogP) is 1.53. The molecule has 2 rings (SSSR count). The zero-order valence-corrected chi connectivity index (χ0v) is 12.9. The number of nitrogens with zero attached hydrogens (tertiary/aromatic N) is 4. The molecule has 1 N–H and O–H groups in total. The summed E-state index contributed by atoms with van der Waals surface area (Å²) in [5.41, 5.74) is 2.03. The topological polar surface area (TPSA) is 63.1 Å². The van der Waals surface area contributed by atoms with Crippen molar-refractivity contribution in [2.24, 2.45) is 0 Å². The lowest BCUT2D eigenvalue weighted by atomic mass is 10.4. The summed E-state index contributed by atoms with van der Waals surface area (Å²) in [6.45, 7) is 1.82. The van der Waals surface area contributed by atoms with E-state index in [1.165, 1.54) is 4.68 Å². The molecule has 0 unspecified atom stereocenters. The zero-order chi connectivity index (χ0) is 14.5. The fourth-order valence-electron chi connectivity index (χ4n) is 1.55. The first-order valence-corrected chi connectivity index (χ1v) is 7.35. The summed E-state index contributed by atoms with van der Waals surface area (Å²) in [4.78, 5) is 19.1. The van der Waals surface area contributed by atoms with Crippen LogP contribution >= 0.6 is 22.9 Å². The van der Waals surface area contributed by atoms with Crippen molar-refractivity contribution >= 4 is 28.6 Å². The molecular formula is C12H16ClN5OS. The first kappa shape index (κ1) is 15.0. The monoisotopic (exact) mass is 313 g/mol. The van der Waals surface area contributed by atoms with Gasteiger partial charge in [0.15, 0.2) is 0 Å². The standard InChI is InChI=1S/C12H16ClN5OS/c1-17(2)3-4-18-12(19)11(13)10(7-16-18)15-6-9-5-14-8-20-9/h5,7-8,15H,3-4,6H2,1-2H3. The van der Waals surface area contributed by atoms with Gasteiger partial charge in [-0.15, -0.1) is 11.3 Å². The van der Waals surface area contributed by atoms with Crippen LogP contribution in [0.25, 0.3) is 0 Å². The van der Waals surface area contributed by atoms with E-state index in [1.807, 2.05) is 19.0 Å². The van der Waals surface area contributed by atoms with E-state index in [-0.39, 0.29) is 10.6 Å². The third-order valence-electron chi connectivity index (χ3n) is 2.68. The van der Waals surface area contributed by atoms with Crippen LogP contribution in [0.4, 0.5) is 5.69 Å². The number of thiazole rings is 1. The van der Waals surface area contributed by atoms with E-state index in [2.05, 4.69) is 15.4 Å². The molecule has 6 nitrogen and oxygen atoms in total. The molecule has 20 heavy (non-hydrogen) atoms. The van der Waals surface area contributed by atoms with Gasteiger partial charge >= 0.3 is 0 Å². The van der Waals surface area contributed by atoms with Crippen molar-refractivity contribution in [3.8, 4) is 0 Å². The Morgan fingerprint density at radius 1 is 1.45 bits per heavy atom. The zero-order valence-electron chi connectivity index (χ0n) is 11.3. The summed E-state index contributed by atoms with van der Waals surface area (Å²) in [6, 6.07) is 0. The van der Waals surface area contributed by atoms with Gasteiger partial charge in [0.25, 0.3) is 5.56 Å². The highest BCUT2D eigenvalue weighted by Gasteiger charge is 2.09. The van der Waals surface area contributed by atoms with Crippen LogP contribution in [0.2, 0.25) is 5.02 Å². The molecule has 0 bridgehead atoms. The first-order chi connectivity index (χ1) is 9.58. The van der Waals surface area contributed by atoms with E-state index in [0.29, 0.717) is 18.8 Å². The van der Waals surface area contributed by atoms with Crippen molar-refractivity contribution in [3.63, 3.8) is 0 Å². The summed E-state index contributed by atoms with van der Waals surface area (Å²) >= 11 is 7.63. The highest BCUT2D eigenvalue weighted by molar-refractivity contribution is 7.09. The lowest BCUT2D eigenvalue weighted by Crippen LogP contribution is -2.29. The molecule has 0 saturated heterocycles. The molecule has 0 fully saturated rings. The van der Waals surface area contributed by atoms with Crippen molar-refractivity contribution < 1.29 is 0 Å². The number of nitrogens with one attached hydrogen (secondary N) is 1. The van der Waals surface area contributed by atoms with E-state index in [1.54, 1.807) is 29.2 Å². The molecule has 2 heterocycles. The lowest BCUT2D eigenvalue weighted by Gasteiger charge is -2.12. The maximum absolute atomic E-state index is 12.1. The molecular weight excluding hydrogens is 298 g/mol. The Labute approximate surface area is 126 Å². The Balaban J connectivity index is 2.08. The van der Waals surface area contributed by atoms with E-state index in [9.17, 15) is 4.79 Å². The number of halogens is 1. The van der Waals surface area contributed by atoms with E-state index >= 15 is 0 Å². The van der Waals surface area contributed by atoms with E-state index in [4.69, 9.17) is 11.6 Å². The first-order valence-electron chi connectivity index (χ1n) is 6.09. The Morgan fingerprint density at radius 2 is 2.25 bits per heavy atom. The molecule has 2 aromatic rings. The van der Waals surface area contributed by atoms with Gasteiger partial charge in [0, 0.05) is 17.6 Å². The Bertz CT molecular complexity index is 611. The molecule has 0 aromatic carbocycles. The van der Waals surface area contributed by atoms with Crippen molar-refractivity contribution in [2.45, 2.75) is 13.1 Å². The fraction of sp³-hybridized carbons (Fsp3) is 0.417. The Kier molecular flexibility index (Phi) is 5.11. The fourth-order valence-corrected chi connectivity index (χ4v) is 2.30. The highest BCUT2D eigenvalue weighted by atomic mass is 35.5. The van der Waals surface area contributed by atoms with Crippen LogP contribution in [0.1, 0.15) is 4.88 Å². The lowest BCUT2D eigenvalue weighted by molar-refractivity contribution is 0.367. The van der Waals surface area contributed by atoms with E-state index < -0.39 is 0 Å². The highest BCUT2D eigenvalue weighted by Crippen LogP contribution is 2.17. The maximum Gasteiger partial charge on any atom is 0.287 e. The molecule has 0 atom stereocenters. The molecule has 0 aliphatic carbocycles. The minimum absolute atomic E-state index is 0.170. The largest absolute Gasteiger partial charge is 0.377 e. The second-order valence-corrected chi connectivity index (χ2v) is 5.87. The van der Waals surface area contributed by atoms with Gasteiger partial charge in [-0.3, -0.25) is 9.78 Å². The van der Waals surface area contributed by atoms with Crippen LogP contribution in [0.15, 0.2) is 22.7 Å². The summed E-state index contributed by atoms with van der Waals surface area (Å²) in [5, 5.41) is 7.40. The number of anilines is 1. The van der Waals surface area contributed by atoms with Gasteiger partial charge in [0.1, 0.15) is 5.02 Å². The number of aromatic nitrogens is 3. The molecule has 8 heteroatoms. The summed E-state index contributed by atoms with van der Waals surface area (Å²) in [6.07, 6.45) is 3.36.